The summed E-state index contributed by atoms with van der Waals surface area (Å²) in [5.41, 5.74) is 5.88. The highest BCUT2D eigenvalue weighted by molar-refractivity contribution is 5.78. The molecule has 1 saturated heterocycles. The first kappa shape index (κ1) is 11.3. The lowest BCUT2D eigenvalue weighted by Gasteiger charge is -2.36. The molecule has 0 saturated carbocycles. The van der Waals surface area contributed by atoms with Gasteiger partial charge in [0.1, 0.15) is 0 Å². The summed E-state index contributed by atoms with van der Waals surface area (Å²) in [6, 6.07) is 0.620. The first-order chi connectivity index (χ1) is 6.65. The number of guanidine groups is 1. The molecular weight excluding hydrogens is 176 g/mol. The van der Waals surface area contributed by atoms with Crippen molar-refractivity contribution in [1.82, 2.24) is 9.80 Å². The van der Waals surface area contributed by atoms with E-state index in [2.05, 4.69) is 28.9 Å². The normalized spacial score (nSPS) is 24.4. The van der Waals surface area contributed by atoms with Crippen LogP contribution in [0.2, 0.25) is 0 Å². The zero-order chi connectivity index (χ0) is 10.6. The van der Waals surface area contributed by atoms with Crippen molar-refractivity contribution in [2.75, 3.05) is 33.7 Å². The Kier molecular flexibility index (Phi) is 4.20. The Morgan fingerprint density at radius 1 is 1.57 bits per heavy atom. The second kappa shape index (κ2) is 5.20. The molecule has 0 amide bonds. The van der Waals surface area contributed by atoms with E-state index in [1.165, 1.54) is 12.8 Å². The highest BCUT2D eigenvalue weighted by Gasteiger charge is 2.22. The Labute approximate surface area is 86.8 Å². The predicted molar refractivity (Wildman–Crippen MR) is 60.4 cm³/mol. The van der Waals surface area contributed by atoms with E-state index in [-0.39, 0.29) is 0 Å². The fourth-order valence-electron chi connectivity index (χ4n) is 1.85. The van der Waals surface area contributed by atoms with Crippen molar-refractivity contribution in [2.24, 2.45) is 10.7 Å². The number of hydrogen-bond acceptors (Lipinski definition) is 2. The first-order valence-electron chi connectivity index (χ1n) is 5.36. The molecule has 2 N–H and O–H groups in total. The van der Waals surface area contributed by atoms with Crippen LogP contribution in [-0.2, 0) is 0 Å². The van der Waals surface area contributed by atoms with Gasteiger partial charge in [-0.25, -0.2) is 0 Å². The van der Waals surface area contributed by atoms with E-state index in [9.17, 15) is 0 Å². The lowest BCUT2D eigenvalue weighted by atomic mass is 10.1. The van der Waals surface area contributed by atoms with Gasteiger partial charge in [0.2, 0.25) is 0 Å². The Balaban J connectivity index is 2.51. The van der Waals surface area contributed by atoms with Crippen molar-refractivity contribution in [3.8, 4) is 0 Å². The molecule has 0 aliphatic carbocycles. The summed E-state index contributed by atoms with van der Waals surface area (Å²) in [5, 5.41) is 0. The number of likely N-dealkylation sites (N-methyl/N-ethyl adjacent to an activating group) is 1. The van der Waals surface area contributed by atoms with Gasteiger partial charge in [0.25, 0.3) is 0 Å². The predicted octanol–water partition coefficient (Wildman–Crippen LogP) is 0.347. The number of nitrogens with zero attached hydrogens (tertiary/aromatic N) is 3. The van der Waals surface area contributed by atoms with Gasteiger partial charge in [-0.15, -0.1) is 0 Å². The van der Waals surface area contributed by atoms with Crippen molar-refractivity contribution < 1.29 is 0 Å². The Bertz CT molecular complexity index is 200. The minimum Gasteiger partial charge on any atom is -0.370 e. The summed E-state index contributed by atoms with van der Waals surface area (Å²) < 4.78 is 0. The Hall–Kier alpha value is -0.770. The number of aliphatic imine (C=N–C) groups is 1. The molecule has 4 nitrogen and oxygen atoms in total. The molecular formula is C10H22N4. The number of hydrogen-bond donors (Lipinski definition) is 1. The molecule has 1 heterocycles. The average molecular weight is 198 g/mol. The monoisotopic (exact) mass is 198 g/mol. The maximum Gasteiger partial charge on any atom is 0.191 e. The Morgan fingerprint density at radius 3 is 2.86 bits per heavy atom. The second-order valence-corrected chi connectivity index (χ2v) is 4.04. The number of rotatable bonds is 2. The van der Waals surface area contributed by atoms with E-state index >= 15 is 0 Å². The van der Waals surface area contributed by atoms with Gasteiger partial charge < -0.3 is 15.5 Å². The lowest BCUT2D eigenvalue weighted by Crippen LogP contribution is -2.50. The molecule has 1 rings (SSSR count). The molecule has 82 valence electrons. The SMILES string of the molecule is CCN=C(N)N1CCCC(N(C)C)C1. The summed E-state index contributed by atoms with van der Waals surface area (Å²) in [6.45, 7) is 4.86. The third-order valence-corrected chi connectivity index (χ3v) is 2.77. The third kappa shape index (κ3) is 2.87. The quantitative estimate of drug-likeness (QED) is 0.514. The van der Waals surface area contributed by atoms with Crippen LogP contribution in [0.5, 0.6) is 0 Å². The fourth-order valence-corrected chi connectivity index (χ4v) is 1.85. The molecule has 1 unspecified atom stereocenters. The number of nitrogens with two attached hydrogens (primary N) is 1. The van der Waals surface area contributed by atoms with Gasteiger partial charge in [0, 0.05) is 25.7 Å². The number of piperidine rings is 1. The van der Waals surface area contributed by atoms with E-state index in [4.69, 9.17) is 5.73 Å². The first-order valence-corrected chi connectivity index (χ1v) is 5.36. The average Bonchev–Trinajstić information content (AvgIpc) is 2.18. The van der Waals surface area contributed by atoms with Crippen molar-refractivity contribution in [1.29, 1.82) is 0 Å². The molecule has 0 aromatic heterocycles. The third-order valence-electron chi connectivity index (χ3n) is 2.77. The zero-order valence-corrected chi connectivity index (χ0v) is 9.53. The molecule has 14 heavy (non-hydrogen) atoms. The molecule has 4 heteroatoms. The summed E-state index contributed by atoms with van der Waals surface area (Å²) in [4.78, 5) is 8.71. The van der Waals surface area contributed by atoms with Gasteiger partial charge in [-0.1, -0.05) is 0 Å². The molecule has 1 aliphatic rings. The van der Waals surface area contributed by atoms with Crippen LogP contribution in [-0.4, -0.2) is 55.5 Å². The minimum absolute atomic E-state index is 0.620. The molecule has 0 spiro atoms. The zero-order valence-electron chi connectivity index (χ0n) is 9.53. The van der Waals surface area contributed by atoms with Crippen molar-refractivity contribution in [3.63, 3.8) is 0 Å². The van der Waals surface area contributed by atoms with Crippen LogP contribution in [0, 0.1) is 0 Å². The van der Waals surface area contributed by atoms with Crippen LogP contribution >= 0.6 is 0 Å². The number of likely N-dealkylation sites (tertiary alicyclic amines) is 1. The van der Waals surface area contributed by atoms with E-state index in [0.29, 0.717) is 12.0 Å². The van der Waals surface area contributed by atoms with Gasteiger partial charge in [0.05, 0.1) is 0 Å². The van der Waals surface area contributed by atoms with E-state index in [1.807, 2.05) is 6.92 Å². The van der Waals surface area contributed by atoms with Crippen LogP contribution < -0.4 is 5.73 Å². The molecule has 1 aliphatic heterocycles. The Morgan fingerprint density at radius 2 is 2.29 bits per heavy atom. The van der Waals surface area contributed by atoms with Crippen molar-refractivity contribution in [2.45, 2.75) is 25.8 Å². The molecule has 0 aromatic rings. The van der Waals surface area contributed by atoms with Crippen LogP contribution in [0.1, 0.15) is 19.8 Å². The molecule has 1 fully saturated rings. The van der Waals surface area contributed by atoms with E-state index in [1.54, 1.807) is 0 Å². The highest BCUT2D eigenvalue weighted by Crippen LogP contribution is 2.13. The maximum atomic E-state index is 5.88. The van der Waals surface area contributed by atoms with Crippen molar-refractivity contribution >= 4 is 5.96 Å². The maximum absolute atomic E-state index is 5.88. The van der Waals surface area contributed by atoms with Crippen LogP contribution in [0.25, 0.3) is 0 Å². The van der Waals surface area contributed by atoms with Gasteiger partial charge in [-0.3, -0.25) is 4.99 Å². The van der Waals surface area contributed by atoms with Crippen LogP contribution in [0.3, 0.4) is 0 Å². The van der Waals surface area contributed by atoms with Gasteiger partial charge in [0.15, 0.2) is 5.96 Å². The molecule has 0 radical (unpaired) electrons. The highest BCUT2D eigenvalue weighted by atomic mass is 15.3. The molecule has 0 aromatic carbocycles. The smallest absolute Gasteiger partial charge is 0.191 e. The standard InChI is InChI=1S/C10H22N4/c1-4-12-10(11)14-7-5-6-9(8-14)13(2)3/h9H,4-8H2,1-3H3,(H2,11,12). The topological polar surface area (TPSA) is 44.9 Å². The largest absolute Gasteiger partial charge is 0.370 e. The van der Waals surface area contributed by atoms with E-state index in [0.717, 1.165) is 19.6 Å². The minimum atomic E-state index is 0.620. The molecule has 1 atom stereocenters. The van der Waals surface area contributed by atoms with E-state index < -0.39 is 0 Å². The lowest BCUT2D eigenvalue weighted by molar-refractivity contribution is 0.183. The summed E-state index contributed by atoms with van der Waals surface area (Å²) in [6.07, 6.45) is 2.48. The van der Waals surface area contributed by atoms with Gasteiger partial charge in [-0.2, -0.15) is 0 Å². The van der Waals surface area contributed by atoms with Crippen LogP contribution in [0.15, 0.2) is 4.99 Å². The van der Waals surface area contributed by atoms with Crippen LogP contribution in [0.4, 0.5) is 0 Å². The van der Waals surface area contributed by atoms with Gasteiger partial charge in [-0.05, 0) is 33.9 Å². The summed E-state index contributed by atoms with van der Waals surface area (Å²) in [5.74, 6) is 0.707. The molecule has 0 bridgehead atoms. The van der Waals surface area contributed by atoms with Gasteiger partial charge >= 0.3 is 0 Å². The fraction of sp³-hybridized carbons (Fsp3) is 0.900. The van der Waals surface area contributed by atoms with Crippen molar-refractivity contribution in [3.05, 3.63) is 0 Å². The second-order valence-electron chi connectivity index (χ2n) is 4.04. The summed E-state index contributed by atoms with van der Waals surface area (Å²) in [7, 11) is 4.25. The summed E-state index contributed by atoms with van der Waals surface area (Å²) >= 11 is 0.